The van der Waals surface area contributed by atoms with Crippen molar-refractivity contribution in [3.05, 3.63) is 300 Å². The summed E-state index contributed by atoms with van der Waals surface area (Å²) in [5.74, 6) is -6.50. The van der Waals surface area contributed by atoms with Crippen molar-refractivity contribution in [1.82, 2.24) is 18.3 Å². The number of aromatic nitrogens is 4. The van der Waals surface area contributed by atoms with Gasteiger partial charge in [0.05, 0.1) is 66.9 Å². The highest BCUT2D eigenvalue weighted by atomic mass is 19.2. The maximum atomic E-state index is 12.4. The summed E-state index contributed by atoms with van der Waals surface area (Å²) in [7, 11) is 0. The zero-order valence-electron chi connectivity index (χ0n) is 45.2. The Bertz CT molecular complexity index is 4980. The summed E-state index contributed by atoms with van der Waals surface area (Å²) in [6.45, 7) is 0. The molecular weight excluding hydrogens is 1060 g/mol. The minimum Gasteiger partial charge on any atom is -0.307 e. The second-order valence-corrected chi connectivity index (χ2v) is 21.0. The van der Waals surface area contributed by atoms with Crippen molar-refractivity contribution < 1.29 is 17.6 Å². The minimum atomic E-state index is -1.67. The van der Waals surface area contributed by atoms with E-state index < -0.39 is 28.8 Å². The Labute approximate surface area is 484 Å². The second-order valence-electron chi connectivity index (χ2n) is 21.0. The number of hydrogen-bond acceptors (Lipinski definition) is 2. The molecule has 0 amide bonds. The van der Waals surface area contributed by atoms with E-state index in [1.807, 2.05) is 0 Å². The quantitative estimate of drug-likeness (QED) is 0.130. The van der Waals surface area contributed by atoms with Crippen LogP contribution < -0.4 is 0 Å². The van der Waals surface area contributed by atoms with Gasteiger partial charge in [0.2, 0.25) is 0 Å². The van der Waals surface area contributed by atoms with Gasteiger partial charge >= 0.3 is 0 Å². The topological polar surface area (TPSA) is 67.3 Å². The van der Waals surface area contributed by atoms with Gasteiger partial charge in [0.25, 0.3) is 0 Å². The van der Waals surface area contributed by atoms with Crippen LogP contribution >= 0.6 is 0 Å². The van der Waals surface area contributed by atoms with Gasteiger partial charge in [0.1, 0.15) is 23.3 Å². The lowest BCUT2D eigenvalue weighted by molar-refractivity contribution is 0.450. The predicted octanol–water partition coefficient (Wildman–Crippen LogP) is 19.3. The lowest BCUT2D eigenvalue weighted by Crippen LogP contribution is -2.13. The normalized spacial score (nSPS) is 11.7. The molecule has 0 radical (unpaired) electrons. The van der Waals surface area contributed by atoms with E-state index >= 15 is 0 Å². The smallest absolute Gasteiger partial charge is 0.179 e. The van der Waals surface area contributed by atoms with Crippen LogP contribution in [0.4, 0.5) is 17.6 Å². The molecule has 4 aromatic heterocycles. The van der Waals surface area contributed by atoms with Gasteiger partial charge in [-0.15, -0.1) is 0 Å². The van der Waals surface area contributed by atoms with Crippen LogP contribution in [-0.4, -0.2) is 18.3 Å². The molecule has 4 heterocycles. The van der Waals surface area contributed by atoms with Crippen molar-refractivity contribution in [2.45, 2.75) is 6.42 Å². The van der Waals surface area contributed by atoms with E-state index in [1.54, 1.807) is 0 Å². The van der Waals surface area contributed by atoms with Crippen molar-refractivity contribution in [2.24, 2.45) is 0 Å². The summed E-state index contributed by atoms with van der Waals surface area (Å²) in [5.41, 5.74) is 17.0. The highest BCUT2D eigenvalue weighted by Gasteiger charge is 2.31. The summed E-state index contributed by atoms with van der Waals surface area (Å²) < 4.78 is 58.9. The van der Waals surface area contributed by atoms with E-state index in [-0.39, 0.29) is 6.07 Å². The van der Waals surface area contributed by atoms with Crippen LogP contribution in [0.2, 0.25) is 0 Å². The maximum absolute atomic E-state index is 12.4. The molecule has 0 saturated heterocycles. The third kappa shape index (κ3) is 7.84. The first-order valence-corrected chi connectivity index (χ1v) is 27.8. The van der Waals surface area contributed by atoms with Gasteiger partial charge in [-0.1, -0.05) is 194 Å². The summed E-state index contributed by atoms with van der Waals surface area (Å²) in [5, 5.41) is 29.4. The highest BCUT2D eigenvalue weighted by molar-refractivity contribution is 6.15. The Morgan fingerprint density at radius 1 is 0.282 bits per heavy atom. The Hall–Kier alpha value is -11.5. The average molecular weight is 1110 g/mol. The van der Waals surface area contributed by atoms with Crippen molar-refractivity contribution in [2.75, 3.05) is 0 Å². The first-order chi connectivity index (χ1) is 41.8. The fourth-order valence-corrected chi connectivity index (χ4v) is 13.0. The van der Waals surface area contributed by atoms with Gasteiger partial charge in [-0.25, -0.2) is 17.6 Å². The van der Waals surface area contributed by atoms with Crippen LogP contribution in [0.25, 0.3) is 121 Å². The SMILES string of the molecule is N#Cc1c(-n2c3ccccc3c3ccccc32)c(-n2c3ccccc3c3ccccc32)cc(-n2c3ccccc3c3ccccc32)c1-n1c2ccccc2c2ccccc21.N#Cc1c(F)c(F)cc(F)c1F.c1ccc2c(c1)Cc1ccccc1-2. The third-order valence-corrected chi connectivity index (χ3v) is 16.5. The number of halogens is 4. The van der Waals surface area contributed by atoms with Gasteiger partial charge in [0, 0.05) is 49.2 Å². The molecule has 6 nitrogen and oxygen atoms in total. The Balaban J connectivity index is 0.000000201. The molecule has 10 heteroatoms. The van der Waals surface area contributed by atoms with E-state index in [0.717, 1.165) is 122 Å². The molecule has 0 fully saturated rings. The predicted molar refractivity (Wildman–Crippen MR) is 334 cm³/mol. The standard InChI is InChI=1S/C55H33N5.C13H10.C7HF4N/c56-34-43-54(59-48-29-13-5-21-39(48)40-22-6-14-30-49(40)59)52(57-44-25-9-1-17-35(44)36-18-2-10-26-45(36)57)33-53(58-46-27-11-3-19-37(46)38-20-4-12-28-47(38)58)55(43)60-50-31-15-7-23-41(50)42-24-8-16-32-51(42)60;1-3-7-12-10(5-1)9-11-6-2-4-8-13(11)12;8-4-1-5(9)7(11)3(2-12)6(4)10/h1-33H;1-8H,9H2;1H. The first kappa shape index (κ1) is 50.5. The number of rotatable bonds is 4. The zero-order chi connectivity index (χ0) is 57.4. The number of benzene rings is 12. The van der Waals surface area contributed by atoms with Crippen LogP contribution in [0.1, 0.15) is 22.3 Å². The molecular formula is C75H44F4N6. The Morgan fingerprint density at radius 3 is 0.812 bits per heavy atom. The number of nitrogens with zero attached hydrogens (tertiary/aromatic N) is 6. The zero-order valence-corrected chi connectivity index (χ0v) is 45.2. The molecule has 12 aromatic carbocycles. The van der Waals surface area contributed by atoms with E-state index in [0.29, 0.717) is 5.56 Å². The molecule has 85 heavy (non-hydrogen) atoms. The molecule has 0 unspecified atom stereocenters. The van der Waals surface area contributed by atoms with E-state index in [1.165, 1.54) is 22.3 Å². The number of hydrogen-bond donors (Lipinski definition) is 0. The Morgan fingerprint density at radius 2 is 0.529 bits per heavy atom. The molecule has 0 N–H and O–H groups in total. The van der Waals surface area contributed by atoms with Crippen LogP contribution in [0, 0.1) is 45.9 Å². The highest BCUT2D eigenvalue weighted by Crippen LogP contribution is 2.47. The van der Waals surface area contributed by atoms with Gasteiger partial charge in [0.15, 0.2) is 23.3 Å². The maximum Gasteiger partial charge on any atom is 0.179 e. The summed E-state index contributed by atoms with van der Waals surface area (Å²) in [4.78, 5) is 0. The largest absolute Gasteiger partial charge is 0.307 e. The second kappa shape index (κ2) is 20.2. The van der Waals surface area contributed by atoms with Crippen molar-refractivity contribution in [3.8, 4) is 46.0 Å². The van der Waals surface area contributed by atoms with Crippen molar-refractivity contribution >= 4 is 87.2 Å². The molecule has 16 aromatic rings. The molecule has 0 spiro atoms. The van der Waals surface area contributed by atoms with E-state index in [4.69, 9.17) is 5.26 Å². The van der Waals surface area contributed by atoms with Gasteiger partial charge in [-0.2, -0.15) is 10.5 Å². The van der Waals surface area contributed by atoms with E-state index in [9.17, 15) is 22.8 Å². The van der Waals surface area contributed by atoms with Crippen molar-refractivity contribution in [3.63, 3.8) is 0 Å². The van der Waals surface area contributed by atoms with E-state index in [2.05, 4.69) is 273 Å². The van der Waals surface area contributed by atoms with Crippen LogP contribution in [0.3, 0.4) is 0 Å². The molecule has 0 saturated carbocycles. The first-order valence-electron chi connectivity index (χ1n) is 27.8. The molecule has 0 bridgehead atoms. The van der Waals surface area contributed by atoms with Gasteiger partial charge in [-0.05, 0) is 83.3 Å². The molecule has 0 aliphatic heterocycles. The van der Waals surface area contributed by atoms with Gasteiger partial charge in [-0.3, -0.25) is 0 Å². The van der Waals surface area contributed by atoms with Crippen LogP contribution in [0.15, 0.2) is 255 Å². The molecule has 1 aliphatic carbocycles. The minimum absolute atomic E-state index is 0.0471. The van der Waals surface area contributed by atoms with Gasteiger partial charge < -0.3 is 18.3 Å². The molecule has 1 aliphatic rings. The molecule has 0 atom stereocenters. The third-order valence-electron chi connectivity index (χ3n) is 16.5. The average Bonchev–Trinajstić information content (AvgIpc) is 1.67. The number of fused-ring (bicyclic) bond motifs is 15. The summed E-state index contributed by atoms with van der Waals surface area (Å²) in [6.07, 6.45) is 1.10. The number of nitriles is 2. The van der Waals surface area contributed by atoms with Crippen LogP contribution in [-0.2, 0) is 6.42 Å². The monoisotopic (exact) mass is 1100 g/mol. The lowest BCUT2D eigenvalue weighted by Gasteiger charge is -2.25. The van der Waals surface area contributed by atoms with Crippen molar-refractivity contribution in [1.29, 1.82) is 10.5 Å². The summed E-state index contributed by atoms with van der Waals surface area (Å²) >= 11 is 0. The number of para-hydroxylation sites is 8. The molecule has 402 valence electrons. The summed E-state index contributed by atoms with van der Waals surface area (Å²) in [6, 6.07) is 92.6. The Kier molecular flexibility index (Phi) is 12.0. The molecule has 17 rings (SSSR count). The fraction of sp³-hybridized carbons (Fsp3) is 0.0133. The lowest BCUT2D eigenvalue weighted by atomic mass is 10.0. The van der Waals surface area contributed by atoms with Crippen LogP contribution in [0.5, 0.6) is 0 Å². The fourth-order valence-electron chi connectivity index (χ4n) is 13.0.